The second-order valence-corrected chi connectivity index (χ2v) is 15.2. The summed E-state index contributed by atoms with van der Waals surface area (Å²) in [5.74, 6) is -0.404. The fourth-order valence-electron chi connectivity index (χ4n) is 7.06. The van der Waals surface area contributed by atoms with Crippen molar-refractivity contribution in [1.29, 1.82) is 0 Å². The third-order valence-electron chi connectivity index (χ3n) is 10.2. The number of fused-ring (bicyclic) bond motifs is 1. The van der Waals surface area contributed by atoms with Gasteiger partial charge in [-0.2, -0.15) is 0 Å². The van der Waals surface area contributed by atoms with Gasteiger partial charge in [-0.3, -0.25) is 9.55 Å². The summed E-state index contributed by atoms with van der Waals surface area (Å²) in [6, 6.07) is 44.6. The molecule has 8 rings (SSSR count). The Morgan fingerprint density at radius 2 is 1.45 bits per heavy atom. The minimum absolute atomic E-state index is 0. The molecule has 8 aromatic rings. The van der Waals surface area contributed by atoms with E-state index >= 15 is 0 Å². The van der Waals surface area contributed by atoms with Crippen LogP contribution in [0.4, 0.5) is 0 Å². The molecule has 5 heteroatoms. The van der Waals surface area contributed by atoms with Crippen LogP contribution in [0.5, 0.6) is 5.75 Å². The van der Waals surface area contributed by atoms with Gasteiger partial charge < -0.3 is 5.11 Å². The maximum absolute atomic E-state index is 11.3. The van der Waals surface area contributed by atoms with Crippen molar-refractivity contribution in [2.24, 2.45) is 0 Å². The van der Waals surface area contributed by atoms with Gasteiger partial charge in [-0.25, -0.2) is 4.98 Å². The largest absolute Gasteiger partial charge is 0.507 e. The van der Waals surface area contributed by atoms with Crippen molar-refractivity contribution in [3.63, 3.8) is 0 Å². The van der Waals surface area contributed by atoms with E-state index in [1.54, 1.807) is 65.4 Å². The van der Waals surface area contributed by atoms with Crippen molar-refractivity contribution in [1.82, 2.24) is 14.5 Å². The van der Waals surface area contributed by atoms with Crippen LogP contribution in [-0.2, 0) is 26.5 Å². The molecule has 0 radical (unpaired) electrons. The molecule has 56 heavy (non-hydrogen) atoms. The van der Waals surface area contributed by atoms with Crippen LogP contribution < -0.4 is 0 Å². The number of benzene rings is 6. The number of nitrogens with zero attached hydrogens (tertiary/aromatic N) is 3. The Morgan fingerprint density at radius 1 is 0.714 bits per heavy atom. The summed E-state index contributed by atoms with van der Waals surface area (Å²) < 4.78 is 61.6. The third-order valence-corrected chi connectivity index (χ3v) is 10.2. The van der Waals surface area contributed by atoms with Crippen LogP contribution in [-0.4, -0.2) is 19.6 Å². The Hall–Kier alpha value is -5.57. The second kappa shape index (κ2) is 15.5. The smallest absolute Gasteiger partial charge is 0.148 e. The standard InChI is InChI=1S/C51H46N3O.Pt/c1-32(2)35-20-22-36(23-21-35)38-24-25-52-46(30-38)40-27-39(28-41(29-40)51(5,6)7)43-17-13-18-47-49(43)53-50(44-16-11-12-19-48(44)55)54(47)42-26-33(3)34(4)45(31-42)37-14-9-8-10-15-37;/h8-26,28-32,55H,1-7H3;/q-1;/i3D3,4D3,32D;. The number of imidazole rings is 1. The molecule has 0 aliphatic heterocycles. The summed E-state index contributed by atoms with van der Waals surface area (Å²) in [6.45, 7) is 4.66. The molecule has 0 saturated carbocycles. The predicted octanol–water partition coefficient (Wildman–Crippen LogP) is 13.3. The zero-order chi connectivity index (χ0) is 44.4. The topological polar surface area (TPSA) is 50.9 Å². The number of rotatable bonds is 7. The van der Waals surface area contributed by atoms with Gasteiger partial charge in [-0.1, -0.05) is 131 Å². The number of hydrogen-bond acceptors (Lipinski definition) is 3. The molecule has 0 aliphatic carbocycles. The fraction of sp³-hybridized carbons (Fsp3) is 0.176. The van der Waals surface area contributed by atoms with E-state index in [0.29, 0.717) is 33.7 Å². The summed E-state index contributed by atoms with van der Waals surface area (Å²) in [5.41, 5.74) is 8.91. The molecule has 0 saturated heterocycles. The monoisotopic (exact) mass is 918 g/mol. The first-order chi connectivity index (χ1) is 29.2. The molecule has 282 valence electrons. The summed E-state index contributed by atoms with van der Waals surface area (Å²) in [7, 11) is 0. The maximum atomic E-state index is 11.3. The predicted molar refractivity (Wildman–Crippen MR) is 229 cm³/mol. The maximum Gasteiger partial charge on any atom is 0.148 e. The van der Waals surface area contributed by atoms with E-state index in [0.717, 1.165) is 44.6 Å². The van der Waals surface area contributed by atoms with Gasteiger partial charge >= 0.3 is 0 Å². The van der Waals surface area contributed by atoms with Gasteiger partial charge in [-0.15, -0.1) is 29.3 Å². The number of hydrogen-bond donors (Lipinski definition) is 1. The van der Waals surface area contributed by atoms with Crippen molar-refractivity contribution >= 4 is 11.0 Å². The summed E-state index contributed by atoms with van der Waals surface area (Å²) in [4.78, 5) is 10.0. The number of para-hydroxylation sites is 2. The average Bonchev–Trinajstić information content (AvgIpc) is 3.62. The molecule has 2 aromatic heterocycles. The molecule has 2 heterocycles. The van der Waals surface area contributed by atoms with E-state index in [4.69, 9.17) is 19.6 Å². The Kier molecular flexibility index (Phi) is 8.49. The van der Waals surface area contributed by atoms with E-state index in [1.807, 2.05) is 74.5 Å². The molecule has 0 amide bonds. The summed E-state index contributed by atoms with van der Waals surface area (Å²) in [6.07, 6.45) is 1.79. The Morgan fingerprint density at radius 3 is 2.16 bits per heavy atom. The Labute approximate surface area is 355 Å². The van der Waals surface area contributed by atoms with Crippen molar-refractivity contribution < 1.29 is 35.8 Å². The van der Waals surface area contributed by atoms with Crippen LogP contribution >= 0.6 is 0 Å². The zero-order valence-corrected chi connectivity index (χ0v) is 34.2. The molecule has 0 spiro atoms. The molecule has 0 unspecified atom stereocenters. The van der Waals surface area contributed by atoms with Gasteiger partial charge in [-0.05, 0) is 100 Å². The average molecular weight is 919 g/mol. The van der Waals surface area contributed by atoms with Crippen LogP contribution in [0.3, 0.4) is 0 Å². The number of pyridine rings is 1. The fourth-order valence-corrected chi connectivity index (χ4v) is 7.06. The first-order valence-electron chi connectivity index (χ1n) is 21.9. The minimum atomic E-state index is -2.79. The molecule has 6 aromatic carbocycles. The van der Waals surface area contributed by atoms with E-state index in [-0.39, 0.29) is 48.9 Å². The SMILES string of the molecule is [2H]C([2H])([2H])c1cc(-n2c(-c3ccccc3O)nc3c(-c4[c-]c(-c5cc(-c6ccc(C([2H])(C)C)cc6)ccn5)cc(C(C)(C)C)c4)cccc32)cc(-c2ccccc2)c1C([2H])([2H])[2H].[Pt]. The van der Waals surface area contributed by atoms with Crippen LogP contribution in [0, 0.1) is 19.8 Å². The minimum Gasteiger partial charge on any atom is -0.507 e. The van der Waals surface area contributed by atoms with E-state index in [2.05, 4.69) is 39.0 Å². The molecule has 0 fully saturated rings. The normalized spacial score (nSPS) is 14.1. The van der Waals surface area contributed by atoms with Crippen LogP contribution in [0.15, 0.2) is 140 Å². The van der Waals surface area contributed by atoms with E-state index in [1.165, 1.54) is 6.07 Å². The van der Waals surface area contributed by atoms with Gasteiger partial charge in [0.25, 0.3) is 0 Å². The van der Waals surface area contributed by atoms with Gasteiger partial charge in [0.05, 0.1) is 16.6 Å². The third kappa shape index (κ3) is 7.39. The van der Waals surface area contributed by atoms with Crippen LogP contribution in [0.25, 0.3) is 72.7 Å². The van der Waals surface area contributed by atoms with Crippen LogP contribution in [0.1, 0.15) is 72.4 Å². The quantitative estimate of drug-likeness (QED) is 0.162. The molecule has 0 bridgehead atoms. The summed E-state index contributed by atoms with van der Waals surface area (Å²) in [5, 5.41) is 11.3. The van der Waals surface area contributed by atoms with E-state index in [9.17, 15) is 5.11 Å². The van der Waals surface area contributed by atoms with Gasteiger partial charge in [0, 0.05) is 48.2 Å². The van der Waals surface area contributed by atoms with Gasteiger partial charge in [0.2, 0.25) is 0 Å². The number of phenolic OH excluding ortho intramolecular Hbond substituents is 1. The van der Waals surface area contributed by atoms with Gasteiger partial charge in [0.1, 0.15) is 11.6 Å². The zero-order valence-electron chi connectivity index (χ0n) is 38.9. The second-order valence-electron chi connectivity index (χ2n) is 15.2. The van der Waals surface area contributed by atoms with Crippen molar-refractivity contribution in [3.8, 4) is 67.5 Å². The number of aryl methyl sites for hydroxylation is 1. The van der Waals surface area contributed by atoms with E-state index < -0.39 is 19.6 Å². The molecular weight excluding hydrogens is 866 g/mol. The van der Waals surface area contributed by atoms with Crippen molar-refractivity contribution in [3.05, 3.63) is 168 Å². The molecule has 0 atom stereocenters. The van der Waals surface area contributed by atoms with Crippen LogP contribution in [0.2, 0.25) is 0 Å². The van der Waals surface area contributed by atoms with Crippen molar-refractivity contribution in [2.45, 2.75) is 59.6 Å². The first-order valence-corrected chi connectivity index (χ1v) is 18.4. The molecule has 0 aliphatic rings. The van der Waals surface area contributed by atoms with Crippen molar-refractivity contribution in [2.75, 3.05) is 0 Å². The van der Waals surface area contributed by atoms with Gasteiger partial charge in [0.15, 0.2) is 0 Å². The number of aromatic nitrogens is 3. The Balaban J connectivity index is 0.00000595. The molecule has 1 N–H and O–H groups in total. The molecular formula is C51H46N3OPt-. The first kappa shape index (κ1) is 30.6. The number of aromatic hydroxyl groups is 1. The molecule has 4 nitrogen and oxygen atoms in total. The number of phenols is 1. The Bertz CT molecular complexity index is 2960. The summed E-state index contributed by atoms with van der Waals surface area (Å²) >= 11 is 0.